The van der Waals surface area contributed by atoms with Crippen molar-refractivity contribution in [3.05, 3.63) is 49.6 Å². The van der Waals surface area contributed by atoms with E-state index in [1.165, 1.54) is 18.2 Å². The number of carbonyl (C=O) groups is 1. The summed E-state index contributed by atoms with van der Waals surface area (Å²) in [6.45, 7) is 0.458. The topological polar surface area (TPSA) is 140 Å². The van der Waals surface area contributed by atoms with Crippen LogP contribution in [0.25, 0.3) is 0 Å². The Morgan fingerprint density at radius 3 is 2.25 bits per heavy atom. The van der Waals surface area contributed by atoms with Crippen molar-refractivity contribution in [2.45, 2.75) is 13.0 Å². The summed E-state index contributed by atoms with van der Waals surface area (Å²) < 4.78 is 10.0. The van der Waals surface area contributed by atoms with E-state index < -0.39 is 35.5 Å². The van der Waals surface area contributed by atoms with Gasteiger partial charge in [0.15, 0.2) is 6.07 Å². The molecule has 0 heterocycles. The fourth-order valence-corrected chi connectivity index (χ4v) is 1.76. The van der Waals surface area contributed by atoms with E-state index in [9.17, 15) is 25.0 Å². The predicted octanol–water partition coefficient (Wildman–Crippen LogP) is 1.51. The molecule has 132 valence electrons. The molecule has 1 aromatic carbocycles. The number of rotatable bonds is 10. The Morgan fingerprint density at radius 1 is 1.21 bits per heavy atom. The van der Waals surface area contributed by atoms with Crippen LogP contribution in [-0.4, -0.2) is 41.5 Å². The number of ether oxygens (including phenoxy) is 2. The number of esters is 1. The first-order chi connectivity index (χ1) is 11.3. The van der Waals surface area contributed by atoms with Crippen LogP contribution in [-0.2, 0) is 14.4 Å². The molecule has 0 unspecified atom stereocenters. The van der Waals surface area contributed by atoms with E-state index in [4.69, 9.17) is 16.3 Å². The first-order valence-electron chi connectivity index (χ1n) is 6.38. The van der Waals surface area contributed by atoms with Crippen molar-refractivity contribution < 1.29 is 34.1 Å². The summed E-state index contributed by atoms with van der Waals surface area (Å²) in [7, 11) is 0. The van der Waals surface area contributed by atoms with E-state index in [1.54, 1.807) is 6.92 Å². The van der Waals surface area contributed by atoms with Crippen molar-refractivity contribution in [2.24, 2.45) is 0 Å². The summed E-state index contributed by atoms with van der Waals surface area (Å²) in [5.41, 5.74) is 0.745. The van der Waals surface area contributed by atoms with Gasteiger partial charge in [-0.2, -0.15) is 0 Å². The lowest BCUT2D eigenvalue weighted by molar-refractivity contribution is -0.768. The van der Waals surface area contributed by atoms with E-state index in [0.29, 0.717) is 5.56 Å². The highest BCUT2D eigenvalue weighted by molar-refractivity contribution is 6.17. The zero-order valence-electron chi connectivity index (χ0n) is 12.4. The average molecular weight is 365 g/mol. The third kappa shape index (κ3) is 6.52. The standard InChI is InChI=1S/C12H13ClN2O9/c1-8-4-9(2-3-11(8)12(16)21-7-13)24-10(5-22-14(17)18)6-23-15(19)20/h2-4,10H,5-7H2,1H3. The molecule has 24 heavy (non-hydrogen) atoms. The Bertz CT molecular complexity index is 592. The molecule has 0 spiro atoms. The van der Waals surface area contributed by atoms with Gasteiger partial charge in [-0.25, -0.2) is 4.79 Å². The molecule has 1 aromatic rings. The van der Waals surface area contributed by atoms with Crippen LogP contribution >= 0.6 is 11.6 Å². The van der Waals surface area contributed by atoms with Crippen LogP contribution in [0.15, 0.2) is 18.2 Å². The van der Waals surface area contributed by atoms with Crippen LogP contribution in [0, 0.1) is 27.2 Å². The Morgan fingerprint density at radius 2 is 1.79 bits per heavy atom. The largest absolute Gasteiger partial charge is 0.486 e. The number of nitrogens with zero attached hydrogens (tertiary/aromatic N) is 2. The van der Waals surface area contributed by atoms with Crippen molar-refractivity contribution >= 4 is 17.6 Å². The van der Waals surface area contributed by atoms with Crippen LogP contribution in [0.1, 0.15) is 15.9 Å². The number of carbonyl (C=O) groups excluding carboxylic acids is 1. The molecule has 1 rings (SSSR count). The van der Waals surface area contributed by atoms with Gasteiger partial charge in [0.05, 0.1) is 5.56 Å². The molecule has 0 saturated heterocycles. The SMILES string of the molecule is Cc1cc(OC(CO[N+](=O)[O-])CO[N+](=O)[O-])ccc1C(=O)OCCl. The van der Waals surface area contributed by atoms with Gasteiger partial charge >= 0.3 is 5.97 Å². The highest BCUT2D eigenvalue weighted by Gasteiger charge is 2.17. The minimum Gasteiger partial charge on any atom is -0.486 e. The minimum atomic E-state index is -1.11. The quantitative estimate of drug-likeness (QED) is 0.261. The fraction of sp³-hybridized carbons (Fsp3) is 0.417. The lowest BCUT2D eigenvalue weighted by Crippen LogP contribution is -2.30. The molecule has 0 radical (unpaired) electrons. The molecule has 11 nitrogen and oxygen atoms in total. The Hall–Kier alpha value is -2.82. The van der Waals surface area contributed by atoms with Gasteiger partial charge in [-0.15, -0.1) is 20.2 Å². The van der Waals surface area contributed by atoms with Crippen LogP contribution < -0.4 is 4.74 Å². The van der Waals surface area contributed by atoms with E-state index in [1.807, 2.05) is 0 Å². The third-order valence-corrected chi connectivity index (χ3v) is 2.75. The van der Waals surface area contributed by atoms with E-state index in [2.05, 4.69) is 14.4 Å². The van der Waals surface area contributed by atoms with Gasteiger partial charge in [0.2, 0.25) is 0 Å². The Balaban J connectivity index is 2.80. The molecule has 0 N–H and O–H groups in total. The van der Waals surface area contributed by atoms with Gasteiger partial charge in [-0.05, 0) is 30.7 Å². The van der Waals surface area contributed by atoms with Crippen LogP contribution in [0.4, 0.5) is 0 Å². The van der Waals surface area contributed by atoms with Gasteiger partial charge < -0.3 is 19.1 Å². The molecule has 0 aliphatic carbocycles. The molecule has 0 saturated carbocycles. The molecule has 12 heteroatoms. The summed E-state index contributed by atoms with van der Waals surface area (Å²) in [5.74, 6) is -0.419. The van der Waals surface area contributed by atoms with Gasteiger partial charge in [-0.1, -0.05) is 11.6 Å². The van der Waals surface area contributed by atoms with Crippen molar-refractivity contribution in [1.29, 1.82) is 0 Å². The zero-order chi connectivity index (χ0) is 18.1. The lowest BCUT2D eigenvalue weighted by atomic mass is 10.1. The third-order valence-electron chi connectivity index (χ3n) is 2.64. The average Bonchev–Trinajstić information content (AvgIpc) is 2.50. The van der Waals surface area contributed by atoms with Gasteiger partial charge in [0, 0.05) is 0 Å². The maximum Gasteiger partial charge on any atom is 0.339 e. The summed E-state index contributed by atoms with van der Waals surface area (Å²) in [5, 5.41) is 18.3. The number of hydrogen-bond acceptors (Lipinski definition) is 9. The smallest absolute Gasteiger partial charge is 0.339 e. The first kappa shape index (κ1) is 19.2. The monoisotopic (exact) mass is 364 g/mol. The number of aryl methyl sites for hydroxylation is 1. The van der Waals surface area contributed by atoms with E-state index in [-0.39, 0.29) is 17.4 Å². The van der Waals surface area contributed by atoms with Crippen molar-refractivity contribution in [3.63, 3.8) is 0 Å². The fourth-order valence-electron chi connectivity index (χ4n) is 1.66. The molecule has 0 aliphatic rings. The summed E-state index contributed by atoms with van der Waals surface area (Å²) in [6.07, 6.45) is -1.11. The summed E-state index contributed by atoms with van der Waals surface area (Å²) in [4.78, 5) is 40.3. The first-order valence-corrected chi connectivity index (χ1v) is 6.92. The maximum atomic E-state index is 11.6. The second-order valence-corrected chi connectivity index (χ2v) is 4.51. The molecule has 0 bridgehead atoms. The zero-order valence-corrected chi connectivity index (χ0v) is 13.1. The number of halogens is 1. The molecule has 0 aromatic heterocycles. The summed E-state index contributed by atoms with van der Waals surface area (Å²) >= 11 is 5.31. The normalized spacial score (nSPS) is 10.1. The highest BCUT2D eigenvalue weighted by Crippen LogP contribution is 2.19. The highest BCUT2D eigenvalue weighted by atomic mass is 35.5. The number of hydrogen-bond donors (Lipinski definition) is 0. The molecule has 0 atom stereocenters. The molecule has 0 fully saturated rings. The Labute approximate surface area is 140 Å². The number of alkyl halides is 1. The lowest BCUT2D eigenvalue weighted by Gasteiger charge is -2.18. The van der Waals surface area contributed by atoms with E-state index >= 15 is 0 Å². The molecule has 0 aliphatic heterocycles. The second-order valence-electron chi connectivity index (χ2n) is 4.30. The van der Waals surface area contributed by atoms with Crippen LogP contribution in [0.3, 0.4) is 0 Å². The van der Waals surface area contributed by atoms with Gasteiger partial charge in [0.25, 0.3) is 10.2 Å². The Kier molecular flexibility index (Phi) is 7.49. The van der Waals surface area contributed by atoms with Crippen molar-refractivity contribution in [2.75, 3.05) is 19.3 Å². The minimum absolute atomic E-state index is 0.207. The van der Waals surface area contributed by atoms with Gasteiger partial charge in [0.1, 0.15) is 25.1 Å². The van der Waals surface area contributed by atoms with E-state index in [0.717, 1.165) is 0 Å². The van der Waals surface area contributed by atoms with Crippen LogP contribution in [0.5, 0.6) is 5.75 Å². The van der Waals surface area contributed by atoms with Crippen molar-refractivity contribution in [1.82, 2.24) is 0 Å². The molecular weight excluding hydrogens is 352 g/mol. The summed E-state index contributed by atoms with van der Waals surface area (Å²) in [6, 6.07) is 3.95. The van der Waals surface area contributed by atoms with Crippen molar-refractivity contribution in [3.8, 4) is 5.75 Å². The maximum absolute atomic E-state index is 11.6. The van der Waals surface area contributed by atoms with Gasteiger partial charge in [-0.3, -0.25) is 0 Å². The number of benzene rings is 1. The second kappa shape index (κ2) is 9.35. The predicted molar refractivity (Wildman–Crippen MR) is 77.6 cm³/mol. The van der Waals surface area contributed by atoms with Crippen LogP contribution in [0.2, 0.25) is 0 Å². The molecule has 0 amide bonds. The molecular formula is C12H13ClN2O9.